The third-order valence-electron chi connectivity index (χ3n) is 5.94. The van der Waals surface area contributed by atoms with Gasteiger partial charge in [0.2, 0.25) is 0 Å². The van der Waals surface area contributed by atoms with Gasteiger partial charge in [0, 0.05) is 43.1 Å². The maximum atomic E-state index is 12.1. The Morgan fingerprint density at radius 1 is 1.40 bits per heavy atom. The Hall–Kier alpha value is -2.37. The van der Waals surface area contributed by atoms with Gasteiger partial charge < -0.3 is 21.1 Å². The molecule has 5 heteroatoms. The minimum Gasteiger partial charge on any atom is -0.396 e. The number of hydrogen-bond acceptors (Lipinski definition) is 4. The number of allylic oxidation sites excluding steroid dienone is 1. The van der Waals surface area contributed by atoms with Crippen molar-refractivity contribution >= 4 is 5.91 Å². The summed E-state index contributed by atoms with van der Waals surface area (Å²) >= 11 is 0. The van der Waals surface area contributed by atoms with E-state index in [-0.39, 0.29) is 18.6 Å². The number of hydrogen-bond donors (Lipinski definition) is 3. The molecule has 1 amide bonds. The number of nitrogens with one attached hydrogen (secondary N) is 1. The number of carbonyl (C=O) groups is 1. The fourth-order valence-electron chi connectivity index (χ4n) is 3.91. The molecule has 30 heavy (non-hydrogen) atoms. The molecule has 5 nitrogen and oxygen atoms in total. The van der Waals surface area contributed by atoms with Gasteiger partial charge in [0.05, 0.1) is 0 Å². The lowest BCUT2D eigenvalue weighted by Gasteiger charge is -2.24. The van der Waals surface area contributed by atoms with Crippen molar-refractivity contribution in [2.24, 2.45) is 5.73 Å². The van der Waals surface area contributed by atoms with E-state index in [1.165, 1.54) is 18.4 Å². The highest BCUT2D eigenvalue weighted by Gasteiger charge is 2.27. The zero-order valence-corrected chi connectivity index (χ0v) is 18.7. The monoisotopic (exact) mass is 411 g/mol. The van der Waals surface area contributed by atoms with Gasteiger partial charge in [-0.2, -0.15) is 0 Å². The summed E-state index contributed by atoms with van der Waals surface area (Å²) in [5, 5.41) is 11.4. The molecule has 1 aromatic rings. The summed E-state index contributed by atoms with van der Waals surface area (Å²) in [5.41, 5.74) is 11.1. The van der Waals surface area contributed by atoms with Crippen molar-refractivity contribution in [2.75, 3.05) is 19.7 Å². The second kappa shape index (κ2) is 11.7. The Labute approximate surface area is 181 Å². The first-order valence-corrected chi connectivity index (χ1v) is 10.9. The molecular formula is C25H37N3O2. The van der Waals surface area contributed by atoms with Gasteiger partial charge in [-0.25, -0.2) is 0 Å². The van der Waals surface area contributed by atoms with Crippen LogP contribution in [-0.2, 0) is 11.2 Å². The molecule has 4 N–H and O–H groups in total. The van der Waals surface area contributed by atoms with Gasteiger partial charge in [-0.1, -0.05) is 49.4 Å². The van der Waals surface area contributed by atoms with Crippen molar-refractivity contribution in [1.29, 1.82) is 0 Å². The van der Waals surface area contributed by atoms with Crippen LogP contribution in [0.1, 0.15) is 45.6 Å². The number of benzene rings is 1. The number of likely N-dealkylation sites (tertiary alicyclic amines) is 1. The third kappa shape index (κ3) is 6.31. The predicted molar refractivity (Wildman–Crippen MR) is 124 cm³/mol. The lowest BCUT2D eigenvalue weighted by Crippen LogP contribution is -2.25. The van der Waals surface area contributed by atoms with Crippen LogP contribution in [0.4, 0.5) is 0 Å². The second-order valence-electron chi connectivity index (χ2n) is 8.05. The molecule has 0 radical (unpaired) electrons. The minimum absolute atomic E-state index is 0.00933. The number of carbonyl (C=O) groups excluding carboxylic acids is 1. The summed E-state index contributed by atoms with van der Waals surface area (Å²) in [5.74, 6) is -0.0133. The van der Waals surface area contributed by atoms with E-state index in [4.69, 9.17) is 10.8 Å². The van der Waals surface area contributed by atoms with Crippen LogP contribution in [0.15, 0.2) is 65.4 Å². The quantitative estimate of drug-likeness (QED) is 0.628. The van der Waals surface area contributed by atoms with Gasteiger partial charge in [0.15, 0.2) is 0 Å². The first kappa shape index (κ1) is 23.9. The van der Waals surface area contributed by atoms with Crippen molar-refractivity contribution < 1.29 is 9.90 Å². The summed E-state index contributed by atoms with van der Waals surface area (Å²) in [4.78, 5) is 14.4. The summed E-state index contributed by atoms with van der Waals surface area (Å²) in [6.07, 6.45) is 5.96. The Morgan fingerprint density at radius 2 is 2.10 bits per heavy atom. The maximum absolute atomic E-state index is 12.1. The third-order valence-corrected chi connectivity index (χ3v) is 5.94. The molecule has 2 aliphatic rings. The van der Waals surface area contributed by atoms with Crippen LogP contribution < -0.4 is 11.1 Å². The van der Waals surface area contributed by atoms with E-state index in [9.17, 15) is 4.79 Å². The van der Waals surface area contributed by atoms with Crippen LogP contribution in [0.3, 0.4) is 0 Å². The topological polar surface area (TPSA) is 78.6 Å². The molecule has 3 rings (SSSR count). The highest BCUT2D eigenvalue weighted by molar-refractivity contribution is 6.02. The molecule has 2 saturated heterocycles. The highest BCUT2D eigenvalue weighted by Crippen LogP contribution is 2.27. The van der Waals surface area contributed by atoms with E-state index in [0.717, 1.165) is 41.8 Å². The maximum Gasteiger partial charge on any atom is 0.251 e. The summed E-state index contributed by atoms with van der Waals surface area (Å²) in [6, 6.07) is 10.5. The van der Waals surface area contributed by atoms with Crippen LogP contribution in [-0.4, -0.2) is 47.7 Å². The predicted octanol–water partition coefficient (Wildman–Crippen LogP) is 3.32. The van der Waals surface area contributed by atoms with Gasteiger partial charge in [0.1, 0.15) is 0 Å². The normalized spacial score (nSPS) is 22.4. The molecule has 2 heterocycles. The van der Waals surface area contributed by atoms with Crippen molar-refractivity contribution in [3.63, 3.8) is 0 Å². The van der Waals surface area contributed by atoms with Gasteiger partial charge >= 0.3 is 0 Å². The first-order chi connectivity index (χ1) is 14.4. The zero-order chi connectivity index (χ0) is 22.1. The molecule has 0 saturated carbocycles. The summed E-state index contributed by atoms with van der Waals surface area (Å²) < 4.78 is 0. The molecule has 2 aliphatic heterocycles. The van der Waals surface area contributed by atoms with Gasteiger partial charge in [-0.15, -0.1) is 0 Å². The molecule has 2 unspecified atom stereocenters. The molecule has 1 aromatic carbocycles. The lowest BCUT2D eigenvalue weighted by molar-refractivity contribution is -0.116. The molecule has 164 valence electrons. The number of amides is 1. The number of nitrogens with two attached hydrogens (primary N) is 1. The average Bonchev–Trinajstić information content (AvgIpc) is 3.34. The second-order valence-corrected chi connectivity index (χ2v) is 8.05. The van der Waals surface area contributed by atoms with Crippen molar-refractivity contribution in [3.05, 3.63) is 71.0 Å². The molecule has 0 aliphatic carbocycles. The van der Waals surface area contributed by atoms with E-state index in [1.54, 1.807) is 0 Å². The Kier molecular flexibility index (Phi) is 9.34. The van der Waals surface area contributed by atoms with Crippen LogP contribution in [0.2, 0.25) is 0 Å². The Balaban J connectivity index is 0.000000297. The first-order valence-electron chi connectivity index (χ1n) is 10.9. The van der Waals surface area contributed by atoms with Crippen LogP contribution in [0.25, 0.3) is 0 Å². The van der Waals surface area contributed by atoms with Gasteiger partial charge in [-0.05, 0) is 56.7 Å². The molecule has 0 bridgehead atoms. The van der Waals surface area contributed by atoms with E-state index in [2.05, 4.69) is 30.6 Å². The van der Waals surface area contributed by atoms with Gasteiger partial charge in [-0.3, -0.25) is 4.79 Å². The van der Waals surface area contributed by atoms with Crippen LogP contribution in [0.5, 0.6) is 0 Å². The number of aliphatic hydroxyl groups excluding tert-OH is 1. The zero-order valence-electron chi connectivity index (χ0n) is 18.7. The van der Waals surface area contributed by atoms with Gasteiger partial charge in [0.25, 0.3) is 5.91 Å². The van der Waals surface area contributed by atoms with E-state index < -0.39 is 0 Å². The molecule has 0 aromatic heterocycles. The number of aliphatic hydroxyl groups is 1. The van der Waals surface area contributed by atoms with E-state index >= 15 is 0 Å². The standard InChI is InChI=1S/C17H27N3O.C8H10O/c1-5-16(18)13(4)15-10-19-17(21)14(15)9-12(3)20-8-6-7-11(20)2;9-7-6-8-4-2-1-3-5-8/h9,11,16H,3,5-8,10,18H2,1-2,4H3,(H,19,21);1-5,9H,6-7H2/b14-9+,15-13+;. The lowest BCUT2D eigenvalue weighted by atomic mass is 9.96. The average molecular weight is 412 g/mol. The largest absolute Gasteiger partial charge is 0.396 e. The number of nitrogens with zero attached hydrogens (tertiary/aromatic N) is 1. The van der Waals surface area contributed by atoms with E-state index in [1.807, 2.05) is 43.3 Å². The Morgan fingerprint density at radius 3 is 2.67 bits per heavy atom. The van der Waals surface area contributed by atoms with Crippen molar-refractivity contribution in [3.8, 4) is 0 Å². The van der Waals surface area contributed by atoms with Crippen LogP contribution >= 0.6 is 0 Å². The summed E-state index contributed by atoms with van der Waals surface area (Å²) in [7, 11) is 0. The Bertz CT molecular complexity index is 783. The number of rotatable bonds is 6. The molecule has 2 atom stereocenters. The molecular weight excluding hydrogens is 374 g/mol. The van der Waals surface area contributed by atoms with Crippen molar-refractivity contribution in [1.82, 2.24) is 10.2 Å². The van der Waals surface area contributed by atoms with Crippen LogP contribution in [0, 0.1) is 0 Å². The SMILES string of the molecule is C=C(/C=C1/C(=O)NC/C1=C(/C)C(N)CC)N1CCCC1C.OCCc1ccccc1. The molecule has 2 fully saturated rings. The van der Waals surface area contributed by atoms with E-state index in [0.29, 0.717) is 12.6 Å². The van der Waals surface area contributed by atoms with Crippen molar-refractivity contribution in [2.45, 2.75) is 58.5 Å². The molecule has 0 spiro atoms. The fraction of sp³-hybridized carbons (Fsp3) is 0.480. The fourth-order valence-corrected chi connectivity index (χ4v) is 3.91. The highest BCUT2D eigenvalue weighted by atomic mass is 16.3. The summed E-state index contributed by atoms with van der Waals surface area (Å²) in [6.45, 7) is 12.3. The minimum atomic E-state index is -0.0133. The smallest absolute Gasteiger partial charge is 0.251 e.